The average molecular weight is 440 g/mol. The predicted molar refractivity (Wildman–Crippen MR) is 103 cm³/mol. The Morgan fingerprint density at radius 2 is 1.77 bits per heavy atom. The molecular formula is C19H17BrClFN2O2. The van der Waals surface area contributed by atoms with Crippen LogP contribution in [0, 0.1) is 11.7 Å². The standard InChI is InChI=1S/C19H17BrClFN2O2/c20-14-3-1-13(2-4-14)19(26)24-9-7-12(8-10-24)18(25)23-17-11-15(21)5-6-16(17)22/h1-6,11-12H,7-10H2,(H,23,25). The van der Waals surface area contributed by atoms with Crippen LogP contribution in [0.15, 0.2) is 46.9 Å². The van der Waals surface area contributed by atoms with Crippen molar-refractivity contribution in [2.75, 3.05) is 18.4 Å². The maximum Gasteiger partial charge on any atom is 0.253 e. The second-order valence-corrected chi connectivity index (χ2v) is 7.54. The quantitative estimate of drug-likeness (QED) is 0.751. The van der Waals surface area contributed by atoms with Gasteiger partial charge < -0.3 is 10.2 Å². The second-order valence-electron chi connectivity index (χ2n) is 6.19. The minimum absolute atomic E-state index is 0.0442. The van der Waals surface area contributed by atoms with Gasteiger partial charge in [0.2, 0.25) is 5.91 Å². The average Bonchev–Trinajstić information content (AvgIpc) is 2.65. The van der Waals surface area contributed by atoms with Crippen LogP contribution >= 0.6 is 27.5 Å². The molecule has 26 heavy (non-hydrogen) atoms. The fraction of sp³-hybridized carbons (Fsp3) is 0.263. The molecule has 1 fully saturated rings. The molecule has 1 aliphatic heterocycles. The van der Waals surface area contributed by atoms with Gasteiger partial charge in [0.15, 0.2) is 0 Å². The first-order valence-corrected chi connectivity index (χ1v) is 9.42. The van der Waals surface area contributed by atoms with Crippen molar-refractivity contribution >= 4 is 45.0 Å². The van der Waals surface area contributed by atoms with Crippen LogP contribution in [0.3, 0.4) is 0 Å². The fourth-order valence-corrected chi connectivity index (χ4v) is 3.38. The number of carbonyl (C=O) groups is 2. The van der Waals surface area contributed by atoms with Gasteiger partial charge in [-0.15, -0.1) is 0 Å². The third-order valence-corrected chi connectivity index (χ3v) is 5.19. The molecule has 1 saturated heterocycles. The molecule has 0 atom stereocenters. The number of anilines is 1. The van der Waals surface area contributed by atoms with E-state index in [4.69, 9.17) is 11.6 Å². The highest BCUT2D eigenvalue weighted by atomic mass is 79.9. The van der Waals surface area contributed by atoms with Crippen LogP contribution in [0.25, 0.3) is 0 Å². The summed E-state index contributed by atoms with van der Waals surface area (Å²) in [4.78, 5) is 26.6. The van der Waals surface area contributed by atoms with Gasteiger partial charge in [0.1, 0.15) is 5.82 Å². The normalized spacial score (nSPS) is 15.0. The molecule has 7 heteroatoms. The summed E-state index contributed by atoms with van der Waals surface area (Å²) < 4.78 is 14.7. The van der Waals surface area contributed by atoms with E-state index in [9.17, 15) is 14.0 Å². The van der Waals surface area contributed by atoms with Gasteiger partial charge in [0.05, 0.1) is 5.69 Å². The van der Waals surface area contributed by atoms with Crippen LogP contribution < -0.4 is 5.32 Å². The van der Waals surface area contributed by atoms with Gasteiger partial charge in [-0.3, -0.25) is 9.59 Å². The van der Waals surface area contributed by atoms with Gasteiger partial charge in [-0.25, -0.2) is 4.39 Å². The third kappa shape index (κ3) is 4.43. The number of rotatable bonds is 3. The lowest BCUT2D eigenvalue weighted by atomic mass is 9.95. The molecule has 0 saturated carbocycles. The second kappa shape index (κ2) is 8.18. The highest BCUT2D eigenvalue weighted by Gasteiger charge is 2.28. The Balaban J connectivity index is 1.57. The van der Waals surface area contributed by atoms with E-state index in [0.717, 1.165) is 4.47 Å². The molecule has 1 aliphatic rings. The van der Waals surface area contributed by atoms with E-state index in [1.54, 1.807) is 17.0 Å². The number of benzene rings is 2. The van der Waals surface area contributed by atoms with Crippen molar-refractivity contribution in [3.8, 4) is 0 Å². The van der Waals surface area contributed by atoms with Gasteiger partial charge in [0, 0.05) is 34.1 Å². The van der Waals surface area contributed by atoms with Crippen LogP contribution in [0.4, 0.5) is 10.1 Å². The summed E-state index contributed by atoms with van der Waals surface area (Å²) in [7, 11) is 0. The summed E-state index contributed by atoms with van der Waals surface area (Å²) in [5, 5.41) is 2.95. The SMILES string of the molecule is O=C(Nc1cc(Cl)ccc1F)C1CCN(C(=O)c2ccc(Br)cc2)CC1. The van der Waals surface area contributed by atoms with Crippen molar-refractivity contribution < 1.29 is 14.0 Å². The largest absolute Gasteiger partial charge is 0.339 e. The number of hydrogen-bond donors (Lipinski definition) is 1. The van der Waals surface area contributed by atoms with E-state index in [-0.39, 0.29) is 23.4 Å². The van der Waals surface area contributed by atoms with Crippen LogP contribution in [-0.4, -0.2) is 29.8 Å². The summed E-state index contributed by atoms with van der Waals surface area (Å²) in [6, 6.07) is 11.2. The van der Waals surface area contributed by atoms with Gasteiger partial charge in [-0.05, 0) is 55.3 Å². The molecule has 3 rings (SSSR count). The first-order valence-electron chi connectivity index (χ1n) is 8.25. The molecule has 1 N–H and O–H groups in total. The number of likely N-dealkylation sites (tertiary alicyclic amines) is 1. The summed E-state index contributed by atoms with van der Waals surface area (Å²) in [6.45, 7) is 0.982. The fourth-order valence-electron chi connectivity index (χ4n) is 2.95. The van der Waals surface area contributed by atoms with Crippen LogP contribution in [0.2, 0.25) is 5.02 Å². The molecule has 1 heterocycles. The van der Waals surface area contributed by atoms with E-state index in [2.05, 4.69) is 21.2 Å². The van der Waals surface area contributed by atoms with Crippen molar-refractivity contribution in [2.24, 2.45) is 5.92 Å². The topological polar surface area (TPSA) is 49.4 Å². The van der Waals surface area contributed by atoms with Crippen LogP contribution in [-0.2, 0) is 4.79 Å². The van der Waals surface area contributed by atoms with Gasteiger partial charge in [0.25, 0.3) is 5.91 Å². The van der Waals surface area contributed by atoms with Gasteiger partial charge in [-0.2, -0.15) is 0 Å². The molecular weight excluding hydrogens is 423 g/mol. The number of amides is 2. The monoisotopic (exact) mass is 438 g/mol. The van der Waals surface area contributed by atoms with E-state index in [0.29, 0.717) is 36.5 Å². The number of carbonyl (C=O) groups excluding carboxylic acids is 2. The first-order chi connectivity index (χ1) is 12.4. The molecule has 4 nitrogen and oxygen atoms in total. The molecule has 2 amide bonds. The molecule has 0 unspecified atom stereocenters. The number of hydrogen-bond acceptors (Lipinski definition) is 2. The summed E-state index contributed by atoms with van der Waals surface area (Å²) in [5.41, 5.74) is 0.702. The Labute approximate surface area is 164 Å². The van der Waals surface area contributed by atoms with Crippen molar-refractivity contribution in [1.29, 1.82) is 0 Å². The van der Waals surface area contributed by atoms with Crippen molar-refractivity contribution in [3.05, 3.63) is 63.3 Å². The Morgan fingerprint density at radius 1 is 1.12 bits per heavy atom. The molecule has 0 aromatic heterocycles. The zero-order valence-electron chi connectivity index (χ0n) is 13.8. The Morgan fingerprint density at radius 3 is 2.42 bits per heavy atom. The van der Waals surface area contributed by atoms with E-state index < -0.39 is 5.82 Å². The maximum absolute atomic E-state index is 13.8. The lowest BCUT2D eigenvalue weighted by Crippen LogP contribution is -2.41. The van der Waals surface area contributed by atoms with E-state index >= 15 is 0 Å². The summed E-state index contributed by atoms with van der Waals surface area (Å²) in [6.07, 6.45) is 1.08. The first kappa shape index (κ1) is 18.9. The highest BCUT2D eigenvalue weighted by molar-refractivity contribution is 9.10. The Bertz CT molecular complexity index is 821. The van der Waals surface area contributed by atoms with Crippen molar-refractivity contribution in [1.82, 2.24) is 4.90 Å². The summed E-state index contributed by atoms with van der Waals surface area (Å²) >= 11 is 9.19. The lowest BCUT2D eigenvalue weighted by Gasteiger charge is -2.31. The smallest absolute Gasteiger partial charge is 0.253 e. The lowest BCUT2D eigenvalue weighted by molar-refractivity contribution is -0.121. The van der Waals surface area contributed by atoms with E-state index in [1.165, 1.54) is 18.2 Å². The summed E-state index contributed by atoms with van der Waals surface area (Å²) in [5.74, 6) is -1.08. The number of nitrogens with zero attached hydrogens (tertiary/aromatic N) is 1. The molecule has 2 aromatic carbocycles. The van der Waals surface area contributed by atoms with Gasteiger partial charge in [-0.1, -0.05) is 27.5 Å². The Hall–Kier alpha value is -1.92. The minimum atomic E-state index is -0.523. The van der Waals surface area contributed by atoms with E-state index in [1.807, 2.05) is 12.1 Å². The molecule has 0 aliphatic carbocycles. The highest BCUT2D eigenvalue weighted by Crippen LogP contribution is 2.24. The maximum atomic E-state index is 13.8. The number of nitrogens with one attached hydrogen (secondary N) is 1. The minimum Gasteiger partial charge on any atom is -0.339 e. The molecule has 0 spiro atoms. The number of halogens is 3. The predicted octanol–water partition coefficient (Wildman–Crippen LogP) is 4.73. The Kier molecular flexibility index (Phi) is 5.94. The third-order valence-electron chi connectivity index (χ3n) is 4.43. The number of piperidine rings is 1. The van der Waals surface area contributed by atoms with Crippen molar-refractivity contribution in [2.45, 2.75) is 12.8 Å². The molecule has 0 radical (unpaired) electrons. The van der Waals surface area contributed by atoms with Crippen LogP contribution in [0.1, 0.15) is 23.2 Å². The van der Waals surface area contributed by atoms with Crippen molar-refractivity contribution in [3.63, 3.8) is 0 Å². The van der Waals surface area contributed by atoms with Crippen LogP contribution in [0.5, 0.6) is 0 Å². The van der Waals surface area contributed by atoms with Gasteiger partial charge >= 0.3 is 0 Å². The zero-order valence-corrected chi connectivity index (χ0v) is 16.2. The molecule has 2 aromatic rings. The molecule has 0 bridgehead atoms. The zero-order chi connectivity index (χ0) is 18.7. The molecule has 136 valence electrons.